The molecule has 4 aromatic heterocycles. The number of hydrogen-bond acceptors (Lipinski definition) is 7. The van der Waals surface area contributed by atoms with Crippen LogP contribution in [0.1, 0.15) is 24.2 Å². The molecule has 0 saturated heterocycles. The predicted octanol–water partition coefficient (Wildman–Crippen LogP) is 4.66. The highest BCUT2D eigenvalue weighted by Crippen LogP contribution is 2.40. The third kappa shape index (κ3) is 3.00. The molecule has 9 heteroatoms. The first-order chi connectivity index (χ1) is 15.0. The molecule has 0 unspecified atom stereocenters. The fraction of sp³-hybridized carbons (Fsp3) is 0.273. The van der Waals surface area contributed by atoms with Crippen LogP contribution >= 0.6 is 0 Å². The van der Waals surface area contributed by atoms with Gasteiger partial charge in [-0.2, -0.15) is 5.10 Å². The van der Waals surface area contributed by atoms with Gasteiger partial charge in [0.1, 0.15) is 34.6 Å². The van der Waals surface area contributed by atoms with Gasteiger partial charge in [-0.05, 0) is 39.8 Å². The molecule has 0 radical (unpaired) electrons. The Bertz CT molecular complexity index is 1410. The summed E-state index contributed by atoms with van der Waals surface area (Å²) in [5.74, 6) is 3.73. The highest BCUT2D eigenvalue weighted by atomic mass is 16.5. The zero-order valence-electron chi connectivity index (χ0n) is 18.1. The van der Waals surface area contributed by atoms with E-state index in [1.807, 2.05) is 44.5 Å². The molecule has 0 saturated carbocycles. The summed E-state index contributed by atoms with van der Waals surface area (Å²) in [4.78, 5) is 12.7. The molecule has 1 aromatic carbocycles. The van der Waals surface area contributed by atoms with E-state index in [0.29, 0.717) is 5.82 Å². The average Bonchev–Trinajstić information content (AvgIpc) is 3.43. The van der Waals surface area contributed by atoms with E-state index in [-0.39, 0.29) is 0 Å². The van der Waals surface area contributed by atoms with Crippen LogP contribution in [0.4, 0.5) is 11.6 Å². The molecule has 4 heterocycles. The lowest BCUT2D eigenvalue weighted by atomic mass is 10.0. The molecular weight excluding hydrogens is 394 g/mol. The maximum atomic E-state index is 5.75. The maximum absolute atomic E-state index is 5.75. The van der Waals surface area contributed by atoms with Crippen molar-refractivity contribution >= 4 is 33.6 Å². The van der Waals surface area contributed by atoms with Gasteiger partial charge >= 0.3 is 0 Å². The van der Waals surface area contributed by atoms with Gasteiger partial charge in [-0.25, -0.2) is 14.6 Å². The Balaban J connectivity index is 1.76. The number of hydrogen-bond donors (Lipinski definition) is 2. The lowest BCUT2D eigenvalue weighted by molar-refractivity contribution is 0.393. The van der Waals surface area contributed by atoms with Crippen LogP contribution < -0.4 is 10.1 Å². The number of methoxy groups -OCH3 is 1. The summed E-state index contributed by atoms with van der Waals surface area (Å²) in [5, 5.41) is 13.7. The lowest BCUT2D eigenvalue weighted by Crippen LogP contribution is -2.05. The van der Waals surface area contributed by atoms with Crippen molar-refractivity contribution in [3.8, 4) is 16.9 Å². The predicted molar refractivity (Wildman–Crippen MR) is 119 cm³/mol. The number of benzene rings is 1. The molecule has 0 aliphatic heterocycles. The van der Waals surface area contributed by atoms with Gasteiger partial charge in [0.15, 0.2) is 0 Å². The average molecular weight is 417 g/mol. The fourth-order valence-electron chi connectivity index (χ4n) is 4.07. The Kier molecular flexibility index (Phi) is 4.39. The van der Waals surface area contributed by atoms with Crippen molar-refractivity contribution in [2.45, 2.75) is 34.2 Å². The molecular formula is C22H23N7O2. The molecule has 0 spiro atoms. The van der Waals surface area contributed by atoms with Gasteiger partial charge < -0.3 is 19.6 Å². The number of anilines is 2. The van der Waals surface area contributed by atoms with E-state index >= 15 is 0 Å². The van der Waals surface area contributed by atoms with E-state index in [1.165, 1.54) is 0 Å². The van der Waals surface area contributed by atoms with E-state index in [0.717, 1.165) is 68.4 Å². The smallest absolute Gasteiger partial charge is 0.145 e. The van der Waals surface area contributed by atoms with Crippen LogP contribution in [0.25, 0.3) is 33.1 Å². The molecule has 0 fully saturated rings. The summed E-state index contributed by atoms with van der Waals surface area (Å²) in [7, 11) is 1.66. The zero-order valence-corrected chi connectivity index (χ0v) is 18.1. The molecule has 0 atom stereocenters. The van der Waals surface area contributed by atoms with Crippen LogP contribution in [-0.4, -0.2) is 37.0 Å². The maximum Gasteiger partial charge on any atom is 0.145 e. The van der Waals surface area contributed by atoms with Crippen LogP contribution in [-0.2, 0) is 6.54 Å². The van der Waals surface area contributed by atoms with Gasteiger partial charge in [0.2, 0.25) is 0 Å². The van der Waals surface area contributed by atoms with Crippen molar-refractivity contribution in [1.82, 2.24) is 29.9 Å². The van der Waals surface area contributed by atoms with Crippen molar-refractivity contribution in [2.75, 3.05) is 12.4 Å². The monoisotopic (exact) mass is 417 g/mol. The molecule has 158 valence electrons. The van der Waals surface area contributed by atoms with Crippen molar-refractivity contribution in [3.63, 3.8) is 0 Å². The summed E-state index contributed by atoms with van der Waals surface area (Å²) >= 11 is 0. The van der Waals surface area contributed by atoms with Crippen LogP contribution in [0.2, 0.25) is 0 Å². The zero-order chi connectivity index (χ0) is 21.7. The highest BCUT2D eigenvalue weighted by Gasteiger charge is 2.20. The summed E-state index contributed by atoms with van der Waals surface area (Å²) in [6, 6.07) is 5.99. The summed E-state index contributed by atoms with van der Waals surface area (Å²) < 4.78 is 13.0. The van der Waals surface area contributed by atoms with E-state index in [2.05, 4.69) is 36.6 Å². The second-order valence-corrected chi connectivity index (χ2v) is 7.42. The molecule has 31 heavy (non-hydrogen) atoms. The Hall–Kier alpha value is -3.88. The van der Waals surface area contributed by atoms with Crippen LogP contribution in [0, 0.1) is 20.8 Å². The molecule has 5 rings (SSSR count). The van der Waals surface area contributed by atoms with Gasteiger partial charge in [0.05, 0.1) is 30.0 Å². The van der Waals surface area contributed by atoms with E-state index in [9.17, 15) is 0 Å². The van der Waals surface area contributed by atoms with Gasteiger partial charge in [-0.1, -0.05) is 5.16 Å². The number of aryl methyl sites for hydroxylation is 4. The number of rotatable bonds is 5. The topological polar surface area (TPSA) is 107 Å². The second kappa shape index (κ2) is 7.12. The Morgan fingerprint density at radius 3 is 2.74 bits per heavy atom. The van der Waals surface area contributed by atoms with Crippen molar-refractivity contribution in [2.24, 2.45) is 0 Å². The van der Waals surface area contributed by atoms with Gasteiger partial charge in [-0.3, -0.25) is 0 Å². The normalized spacial score (nSPS) is 11.5. The van der Waals surface area contributed by atoms with Gasteiger partial charge in [0.25, 0.3) is 0 Å². The van der Waals surface area contributed by atoms with E-state index in [4.69, 9.17) is 9.26 Å². The summed E-state index contributed by atoms with van der Waals surface area (Å²) in [6.07, 6.45) is 1.77. The van der Waals surface area contributed by atoms with Crippen molar-refractivity contribution in [1.29, 1.82) is 0 Å². The van der Waals surface area contributed by atoms with Gasteiger partial charge in [-0.15, -0.1) is 0 Å². The molecule has 2 N–H and O–H groups in total. The minimum atomic E-state index is 0.669. The SMILES string of the molecule is CCn1nccc1Nc1nc(C)nc2[nH]c3cc(-c4c(C)noc4C)c(OC)cc3c12. The Labute approximate surface area is 178 Å². The Morgan fingerprint density at radius 1 is 1.19 bits per heavy atom. The molecule has 0 aliphatic rings. The standard InChI is InChI=1S/C22H23N7O2/c1-6-29-18(7-8-23-29)27-22-20-14-10-17(30-5)15(19-11(2)28-31-12(19)3)9-16(14)26-21(20)24-13(4)25-22/h7-10H,6H2,1-5H3,(H2,24,25,26,27). The van der Waals surface area contributed by atoms with Crippen LogP contribution in [0.3, 0.4) is 0 Å². The number of ether oxygens (including phenoxy) is 1. The largest absolute Gasteiger partial charge is 0.496 e. The molecule has 5 aromatic rings. The molecule has 9 nitrogen and oxygen atoms in total. The highest BCUT2D eigenvalue weighted by molar-refractivity contribution is 6.13. The summed E-state index contributed by atoms with van der Waals surface area (Å²) in [6.45, 7) is 8.51. The third-order valence-electron chi connectivity index (χ3n) is 5.45. The van der Waals surface area contributed by atoms with Gasteiger partial charge in [0, 0.05) is 29.1 Å². The number of fused-ring (bicyclic) bond motifs is 3. The van der Waals surface area contributed by atoms with Crippen LogP contribution in [0.15, 0.2) is 28.9 Å². The molecule has 0 amide bonds. The lowest BCUT2D eigenvalue weighted by Gasteiger charge is -2.11. The number of nitrogens with one attached hydrogen (secondary N) is 2. The Morgan fingerprint density at radius 2 is 2.03 bits per heavy atom. The van der Waals surface area contributed by atoms with Crippen molar-refractivity contribution < 1.29 is 9.26 Å². The number of aromatic nitrogens is 6. The first-order valence-electron chi connectivity index (χ1n) is 10.1. The first-order valence-corrected chi connectivity index (χ1v) is 10.1. The fourth-order valence-corrected chi connectivity index (χ4v) is 4.07. The second-order valence-electron chi connectivity index (χ2n) is 7.42. The van der Waals surface area contributed by atoms with E-state index < -0.39 is 0 Å². The molecule has 0 aliphatic carbocycles. The minimum Gasteiger partial charge on any atom is -0.496 e. The van der Waals surface area contributed by atoms with Crippen LogP contribution in [0.5, 0.6) is 5.75 Å². The summed E-state index contributed by atoms with van der Waals surface area (Å²) in [5.41, 5.74) is 4.35. The number of nitrogens with zero attached hydrogens (tertiary/aromatic N) is 5. The first kappa shape index (κ1) is 19.1. The number of H-pyrrole nitrogens is 1. The molecule has 0 bridgehead atoms. The quantitative estimate of drug-likeness (QED) is 0.428. The number of aromatic amines is 1. The minimum absolute atomic E-state index is 0.669. The van der Waals surface area contributed by atoms with Crippen molar-refractivity contribution in [3.05, 3.63) is 41.7 Å². The van der Waals surface area contributed by atoms with E-state index in [1.54, 1.807) is 13.3 Å². The third-order valence-corrected chi connectivity index (χ3v) is 5.45.